The van der Waals surface area contributed by atoms with Crippen LogP contribution in [-0.4, -0.2) is 10.7 Å². The predicted molar refractivity (Wildman–Crippen MR) is 47.4 cm³/mol. The molecule has 1 rings (SSSR count). The standard InChI is InChI=1S/C10H18O/c1-4-9(2)6-5-7-10(3,11)8-9/h5,7,11H,4,6,8H2,1-3H3. The Morgan fingerprint density at radius 2 is 2.09 bits per heavy atom. The summed E-state index contributed by atoms with van der Waals surface area (Å²) in [7, 11) is 0. The Kier molecular flexibility index (Phi) is 2.10. The SMILES string of the molecule is CCC1(C)CC=CC(C)(O)C1. The highest BCUT2D eigenvalue weighted by atomic mass is 16.3. The van der Waals surface area contributed by atoms with E-state index in [1.54, 1.807) is 0 Å². The Morgan fingerprint density at radius 3 is 2.45 bits per heavy atom. The van der Waals surface area contributed by atoms with Gasteiger partial charge in [0, 0.05) is 0 Å². The van der Waals surface area contributed by atoms with Crippen molar-refractivity contribution in [3.05, 3.63) is 12.2 Å². The molecule has 1 aliphatic carbocycles. The number of hydrogen-bond donors (Lipinski definition) is 1. The minimum Gasteiger partial charge on any atom is -0.386 e. The van der Waals surface area contributed by atoms with Gasteiger partial charge in [-0.1, -0.05) is 32.4 Å². The Balaban J connectivity index is 2.73. The van der Waals surface area contributed by atoms with Gasteiger partial charge in [0.25, 0.3) is 0 Å². The van der Waals surface area contributed by atoms with Crippen molar-refractivity contribution in [3.8, 4) is 0 Å². The fourth-order valence-corrected chi connectivity index (χ4v) is 1.86. The van der Waals surface area contributed by atoms with Crippen molar-refractivity contribution in [1.82, 2.24) is 0 Å². The molecule has 0 spiro atoms. The van der Waals surface area contributed by atoms with E-state index in [1.165, 1.54) is 0 Å². The van der Waals surface area contributed by atoms with Gasteiger partial charge in [-0.3, -0.25) is 0 Å². The third kappa shape index (κ3) is 2.06. The molecular weight excluding hydrogens is 136 g/mol. The number of allylic oxidation sites excluding steroid dienone is 1. The van der Waals surface area contributed by atoms with Crippen molar-refractivity contribution in [2.24, 2.45) is 5.41 Å². The number of rotatable bonds is 1. The molecule has 1 nitrogen and oxygen atoms in total. The fourth-order valence-electron chi connectivity index (χ4n) is 1.86. The maximum absolute atomic E-state index is 9.75. The van der Waals surface area contributed by atoms with Crippen LogP contribution in [-0.2, 0) is 0 Å². The molecule has 1 heteroatoms. The topological polar surface area (TPSA) is 20.2 Å². The third-order valence-corrected chi connectivity index (χ3v) is 2.73. The summed E-state index contributed by atoms with van der Waals surface area (Å²) in [5.41, 5.74) is -0.249. The zero-order valence-electron chi connectivity index (χ0n) is 7.72. The van der Waals surface area contributed by atoms with Crippen molar-refractivity contribution < 1.29 is 5.11 Å². The van der Waals surface area contributed by atoms with Gasteiger partial charge in [0.2, 0.25) is 0 Å². The second kappa shape index (κ2) is 2.63. The van der Waals surface area contributed by atoms with Gasteiger partial charge < -0.3 is 5.11 Å². The van der Waals surface area contributed by atoms with E-state index in [-0.39, 0.29) is 0 Å². The molecule has 0 aromatic heterocycles. The lowest BCUT2D eigenvalue weighted by Crippen LogP contribution is -2.33. The molecule has 0 bridgehead atoms. The molecule has 2 unspecified atom stereocenters. The molecule has 0 saturated heterocycles. The number of aliphatic hydroxyl groups is 1. The van der Waals surface area contributed by atoms with Gasteiger partial charge in [0.15, 0.2) is 0 Å². The fraction of sp³-hybridized carbons (Fsp3) is 0.800. The molecule has 0 aromatic rings. The van der Waals surface area contributed by atoms with E-state index in [1.807, 2.05) is 13.0 Å². The van der Waals surface area contributed by atoms with Gasteiger partial charge in [0.1, 0.15) is 0 Å². The van der Waals surface area contributed by atoms with Crippen LogP contribution in [0.25, 0.3) is 0 Å². The molecule has 0 fully saturated rings. The summed E-state index contributed by atoms with van der Waals surface area (Å²) in [5.74, 6) is 0. The lowest BCUT2D eigenvalue weighted by atomic mass is 9.71. The molecule has 0 aromatic carbocycles. The van der Waals surface area contributed by atoms with Crippen LogP contribution in [0.4, 0.5) is 0 Å². The Bertz CT molecular complexity index is 170. The van der Waals surface area contributed by atoms with Crippen molar-refractivity contribution in [2.75, 3.05) is 0 Å². The Hall–Kier alpha value is -0.300. The quantitative estimate of drug-likeness (QED) is 0.575. The minimum absolute atomic E-state index is 0.318. The summed E-state index contributed by atoms with van der Waals surface area (Å²) in [6.07, 6.45) is 7.18. The Morgan fingerprint density at radius 1 is 1.45 bits per heavy atom. The minimum atomic E-state index is -0.566. The molecule has 0 heterocycles. The highest BCUT2D eigenvalue weighted by Crippen LogP contribution is 2.39. The van der Waals surface area contributed by atoms with E-state index in [4.69, 9.17) is 0 Å². The number of hydrogen-bond acceptors (Lipinski definition) is 1. The first-order valence-electron chi connectivity index (χ1n) is 4.38. The van der Waals surface area contributed by atoms with Crippen LogP contribution < -0.4 is 0 Å². The van der Waals surface area contributed by atoms with Gasteiger partial charge in [-0.05, 0) is 25.2 Å². The summed E-state index contributed by atoms with van der Waals surface area (Å²) in [6.45, 7) is 6.32. The molecule has 64 valence electrons. The van der Waals surface area contributed by atoms with Gasteiger partial charge in [-0.15, -0.1) is 0 Å². The highest BCUT2D eigenvalue weighted by Gasteiger charge is 2.33. The average Bonchev–Trinajstić information content (AvgIpc) is 1.85. The second-order valence-corrected chi connectivity index (χ2v) is 4.30. The summed E-state index contributed by atoms with van der Waals surface area (Å²) in [5, 5.41) is 9.75. The highest BCUT2D eigenvalue weighted by molar-refractivity contribution is 5.07. The van der Waals surface area contributed by atoms with Crippen LogP contribution in [0.15, 0.2) is 12.2 Å². The first kappa shape index (κ1) is 8.79. The van der Waals surface area contributed by atoms with Crippen molar-refractivity contribution in [2.45, 2.75) is 45.6 Å². The molecule has 0 saturated carbocycles. The molecule has 2 atom stereocenters. The second-order valence-electron chi connectivity index (χ2n) is 4.30. The molecule has 1 aliphatic rings. The first-order valence-corrected chi connectivity index (χ1v) is 4.38. The maximum atomic E-state index is 9.75. The predicted octanol–water partition coefficient (Wildman–Crippen LogP) is 2.50. The largest absolute Gasteiger partial charge is 0.386 e. The molecule has 0 amide bonds. The maximum Gasteiger partial charge on any atom is 0.0804 e. The van der Waals surface area contributed by atoms with Crippen LogP contribution in [0, 0.1) is 5.41 Å². The molecule has 1 N–H and O–H groups in total. The van der Waals surface area contributed by atoms with Crippen molar-refractivity contribution >= 4 is 0 Å². The van der Waals surface area contributed by atoms with Crippen LogP contribution in [0.1, 0.15) is 40.0 Å². The zero-order valence-corrected chi connectivity index (χ0v) is 7.72. The lowest BCUT2D eigenvalue weighted by Gasteiger charge is -2.37. The molecule has 11 heavy (non-hydrogen) atoms. The van der Waals surface area contributed by atoms with Crippen molar-refractivity contribution in [3.63, 3.8) is 0 Å². The smallest absolute Gasteiger partial charge is 0.0804 e. The van der Waals surface area contributed by atoms with Gasteiger partial charge >= 0.3 is 0 Å². The summed E-state index contributed by atoms with van der Waals surface area (Å²) >= 11 is 0. The van der Waals surface area contributed by atoms with E-state index in [2.05, 4.69) is 19.9 Å². The molecular formula is C10H18O. The lowest BCUT2D eigenvalue weighted by molar-refractivity contribution is 0.0422. The normalized spacial score (nSPS) is 44.4. The van der Waals surface area contributed by atoms with E-state index in [0.29, 0.717) is 5.41 Å². The molecule has 0 radical (unpaired) electrons. The van der Waals surface area contributed by atoms with Crippen LogP contribution in [0.3, 0.4) is 0 Å². The van der Waals surface area contributed by atoms with E-state index >= 15 is 0 Å². The zero-order chi connectivity index (χ0) is 8.54. The molecule has 0 aliphatic heterocycles. The van der Waals surface area contributed by atoms with Gasteiger partial charge in [-0.2, -0.15) is 0 Å². The monoisotopic (exact) mass is 154 g/mol. The van der Waals surface area contributed by atoms with E-state index in [0.717, 1.165) is 19.3 Å². The van der Waals surface area contributed by atoms with Gasteiger partial charge in [-0.25, -0.2) is 0 Å². The summed E-state index contributed by atoms with van der Waals surface area (Å²) < 4.78 is 0. The van der Waals surface area contributed by atoms with Crippen LogP contribution in [0.5, 0.6) is 0 Å². The van der Waals surface area contributed by atoms with Crippen LogP contribution >= 0.6 is 0 Å². The van der Waals surface area contributed by atoms with E-state index < -0.39 is 5.60 Å². The average molecular weight is 154 g/mol. The van der Waals surface area contributed by atoms with Crippen LogP contribution in [0.2, 0.25) is 0 Å². The van der Waals surface area contributed by atoms with Crippen molar-refractivity contribution in [1.29, 1.82) is 0 Å². The van der Waals surface area contributed by atoms with Gasteiger partial charge in [0.05, 0.1) is 5.60 Å². The summed E-state index contributed by atoms with van der Waals surface area (Å²) in [4.78, 5) is 0. The third-order valence-electron chi connectivity index (χ3n) is 2.73. The first-order chi connectivity index (χ1) is 4.97. The Labute approximate surface area is 69.1 Å². The van der Waals surface area contributed by atoms with E-state index in [9.17, 15) is 5.11 Å². The summed E-state index contributed by atoms with van der Waals surface area (Å²) in [6, 6.07) is 0.